The Hall–Kier alpha value is -2.62. The van der Waals surface area contributed by atoms with Crippen LogP contribution in [0.5, 0.6) is 0 Å². The second kappa shape index (κ2) is 8.40. The molecule has 2 fully saturated rings. The molecule has 4 rings (SSSR count). The van der Waals surface area contributed by atoms with Gasteiger partial charge in [-0.1, -0.05) is 50.2 Å². The minimum atomic E-state index is 0.101. The van der Waals surface area contributed by atoms with Crippen LogP contribution in [0.3, 0.4) is 0 Å². The van der Waals surface area contributed by atoms with Crippen LogP contribution in [-0.4, -0.2) is 34.2 Å². The summed E-state index contributed by atoms with van der Waals surface area (Å²) in [5, 5.41) is 0. The van der Waals surface area contributed by atoms with Crippen LogP contribution in [0.25, 0.3) is 0 Å². The Morgan fingerprint density at radius 1 is 1.03 bits per heavy atom. The fourth-order valence-electron chi connectivity index (χ4n) is 3.97. The molecule has 1 aliphatic carbocycles. The normalized spacial score (nSPS) is 16.5. The molecular formula is C25H30N2O2. The minimum Gasteiger partial charge on any atom is -0.338 e. The van der Waals surface area contributed by atoms with E-state index in [2.05, 4.69) is 38.1 Å². The van der Waals surface area contributed by atoms with Crippen LogP contribution in [0.2, 0.25) is 0 Å². The summed E-state index contributed by atoms with van der Waals surface area (Å²) < 4.78 is 0. The van der Waals surface area contributed by atoms with Crippen molar-refractivity contribution in [2.75, 3.05) is 6.54 Å². The molecule has 152 valence electrons. The predicted molar refractivity (Wildman–Crippen MR) is 115 cm³/mol. The third-order valence-electron chi connectivity index (χ3n) is 5.99. The monoisotopic (exact) mass is 390 g/mol. The number of hydrogen-bond donors (Lipinski definition) is 0. The van der Waals surface area contributed by atoms with Crippen molar-refractivity contribution in [1.29, 1.82) is 0 Å². The van der Waals surface area contributed by atoms with Gasteiger partial charge < -0.3 is 9.80 Å². The van der Waals surface area contributed by atoms with Crippen LogP contribution in [-0.2, 0) is 17.9 Å². The Balaban J connectivity index is 1.43. The van der Waals surface area contributed by atoms with Crippen LogP contribution in [0, 0.1) is 0 Å². The van der Waals surface area contributed by atoms with Gasteiger partial charge >= 0.3 is 0 Å². The lowest BCUT2D eigenvalue weighted by Crippen LogP contribution is -2.32. The molecule has 0 atom stereocenters. The van der Waals surface area contributed by atoms with E-state index in [1.54, 1.807) is 0 Å². The SMILES string of the molecule is CC(C)c1ccc(CN(C(=O)c2ccc(CN3CCCC3=O)cc2)C2CC2)cc1. The Bertz CT molecular complexity index is 867. The summed E-state index contributed by atoms with van der Waals surface area (Å²) in [6, 6.07) is 16.8. The van der Waals surface area contributed by atoms with Crippen molar-refractivity contribution in [3.8, 4) is 0 Å². The van der Waals surface area contributed by atoms with E-state index in [4.69, 9.17) is 0 Å². The maximum atomic E-state index is 13.2. The topological polar surface area (TPSA) is 40.6 Å². The van der Waals surface area contributed by atoms with Gasteiger partial charge in [-0.3, -0.25) is 9.59 Å². The molecule has 29 heavy (non-hydrogen) atoms. The molecule has 2 aromatic carbocycles. The second-order valence-corrected chi connectivity index (χ2v) is 8.68. The van der Waals surface area contributed by atoms with E-state index in [9.17, 15) is 9.59 Å². The molecule has 1 saturated carbocycles. The summed E-state index contributed by atoms with van der Waals surface area (Å²) >= 11 is 0. The van der Waals surface area contributed by atoms with Crippen molar-refractivity contribution in [2.45, 2.75) is 64.6 Å². The molecule has 4 nitrogen and oxygen atoms in total. The zero-order valence-electron chi connectivity index (χ0n) is 17.4. The van der Waals surface area contributed by atoms with E-state index in [-0.39, 0.29) is 11.8 Å². The first-order valence-corrected chi connectivity index (χ1v) is 10.8. The van der Waals surface area contributed by atoms with Gasteiger partial charge in [0.05, 0.1) is 0 Å². The molecule has 1 aliphatic heterocycles. The van der Waals surface area contributed by atoms with Crippen molar-refractivity contribution in [3.05, 3.63) is 70.8 Å². The van der Waals surface area contributed by atoms with Gasteiger partial charge in [-0.05, 0) is 54.0 Å². The summed E-state index contributed by atoms with van der Waals surface area (Å²) in [5.74, 6) is 0.845. The van der Waals surface area contributed by atoms with Gasteiger partial charge in [-0.15, -0.1) is 0 Å². The summed E-state index contributed by atoms with van der Waals surface area (Å²) in [7, 11) is 0. The highest BCUT2D eigenvalue weighted by Gasteiger charge is 2.33. The second-order valence-electron chi connectivity index (χ2n) is 8.68. The fraction of sp³-hybridized carbons (Fsp3) is 0.440. The van der Waals surface area contributed by atoms with Crippen LogP contribution < -0.4 is 0 Å². The number of amides is 2. The van der Waals surface area contributed by atoms with E-state index in [0.29, 0.717) is 31.5 Å². The van der Waals surface area contributed by atoms with Crippen LogP contribution in [0.1, 0.15) is 72.5 Å². The van der Waals surface area contributed by atoms with Gasteiger partial charge in [0.25, 0.3) is 5.91 Å². The number of likely N-dealkylation sites (tertiary alicyclic amines) is 1. The molecule has 0 N–H and O–H groups in total. The Labute approximate surface area is 173 Å². The number of rotatable bonds is 7. The van der Waals surface area contributed by atoms with Gasteiger partial charge in [0.1, 0.15) is 0 Å². The number of carbonyl (C=O) groups is 2. The van der Waals surface area contributed by atoms with E-state index in [1.165, 1.54) is 11.1 Å². The van der Waals surface area contributed by atoms with Gasteiger partial charge in [-0.2, -0.15) is 0 Å². The largest absolute Gasteiger partial charge is 0.338 e. The van der Waals surface area contributed by atoms with Crippen LogP contribution in [0.15, 0.2) is 48.5 Å². The highest BCUT2D eigenvalue weighted by atomic mass is 16.2. The molecule has 0 aromatic heterocycles. The lowest BCUT2D eigenvalue weighted by atomic mass is 10.0. The number of nitrogens with zero attached hydrogens (tertiary/aromatic N) is 2. The molecule has 1 saturated heterocycles. The lowest BCUT2D eigenvalue weighted by molar-refractivity contribution is -0.128. The van der Waals surface area contributed by atoms with Gasteiger partial charge in [0.2, 0.25) is 5.91 Å². The van der Waals surface area contributed by atoms with Crippen molar-refractivity contribution in [3.63, 3.8) is 0 Å². The molecule has 0 spiro atoms. The van der Waals surface area contributed by atoms with Gasteiger partial charge in [0, 0.05) is 37.7 Å². The van der Waals surface area contributed by atoms with E-state index >= 15 is 0 Å². The molecule has 0 bridgehead atoms. The van der Waals surface area contributed by atoms with Crippen molar-refractivity contribution >= 4 is 11.8 Å². The number of benzene rings is 2. The predicted octanol–water partition coefficient (Wildman–Crippen LogP) is 4.74. The summed E-state index contributed by atoms with van der Waals surface area (Å²) in [5.41, 5.74) is 4.31. The molecule has 1 heterocycles. The third kappa shape index (κ3) is 4.69. The zero-order chi connectivity index (χ0) is 20.4. The number of carbonyl (C=O) groups excluding carboxylic acids is 2. The van der Waals surface area contributed by atoms with E-state index in [0.717, 1.165) is 36.9 Å². The van der Waals surface area contributed by atoms with Crippen molar-refractivity contribution in [2.24, 2.45) is 0 Å². The fourth-order valence-corrected chi connectivity index (χ4v) is 3.97. The van der Waals surface area contributed by atoms with E-state index < -0.39 is 0 Å². The van der Waals surface area contributed by atoms with Crippen molar-refractivity contribution < 1.29 is 9.59 Å². The maximum absolute atomic E-state index is 13.2. The number of hydrogen-bond acceptors (Lipinski definition) is 2. The molecule has 2 aromatic rings. The standard InChI is InChI=1S/C25H30N2O2/c1-18(2)21-9-5-20(6-10-21)17-27(23-13-14-23)25(29)22-11-7-19(8-12-22)16-26-15-3-4-24(26)28/h5-12,18,23H,3-4,13-17H2,1-2H3. The summed E-state index contributed by atoms with van der Waals surface area (Å²) in [6.07, 6.45) is 3.78. The molecule has 0 radical (unpaired) electrons. The highest BCUT2D eigenvalue weighted by Crippen LogP contribution is 2.30. The van der Waals surface area contributed by atoms with Crippen LogP contribution >= 0.6 is 0 Å². The molecule has 2 aliphatic rings. The molecule has 0 unspecified atom stereocenters. The van der Waals surface area contributed by atoms with E-state index in [1.807, 2.05) is 34.1 Å². The molecular weight excluding hydrogens is 360 g/mol. The summed E-state index contributed by atoms with van der Waals surface area (Å²) in [6.45, 7) is 6.52. The first-order chi connectivity index (χ1) is 14.0. The van der Waals surface area contributed by atoms with Gasteiger partial charge in [-0.25, -0.2) is 0 Å². The smallest absolute Gasteiger partial charge is 0.254 e. The summed E-state index contributed by atoms with van der Waals surface area (Å²) in [4.78, 5) is 28.9. The molecule has 4 heteroatoms. The zero-order valence-corrected chi connectivity index (χ0v) is 17.4. The van der Waals surface area contributed by atoms with Gasteiger partial charge in [0.15, 0.2) is 0 Å². The third-order valence-corrected chi connectivity index (χ3v) is 5.99. The Kier molecular flexibility index (Phi) is 5.70. The Morgan fingerprint density at radius 2 is 1.69 bits per heavy atom. The quantitative estimate of drug-likeness (QED) is 0.685. The first-order valence-electron chi connectivity index (χ1n) is 10.8. The first kappa shape index (κ1) is 19.7. The highest BCUT2D eigenvalue weighted by molar-refractivity contribution is 5.94. The van der Waals surface area contributed by atoms with Crippen LogP contribution in [0.4, 0.5) is 0 Å². The average molecular weight is 391 g/mol. The maximum Gasteiger partial charge on any atom is 0.254 e. The average Bonchev–Trinajstić information content (AvgIpc) is 3.49. The molecule has 2 amide bonds. The lowest BCUT2D eigenvalue weighted by Gasteiger charge is -2.23. The minimum absolute atomic E-state index is 0.101. The Morgan fingerprint density at radius 3 is 2.24 bits per heavy atom. The van der Waals surface area contributed by atoms with Crippen molar-refractivity contribution in [1.82, 2.24) is 9.80 Å².